The van der Waals surface area contributed by atoms with Crippen LogP contribution in [0.5, 0.6) is 0 Å². The summed E-state index contributed by atoms with van der Waals surface area (Å²) in [6.45, 7) is 10.2. The van der Waals surface area contributed by atoms with Crippen molar-refractivity contribution < 1.29 is 0 Å². The highest BCUT2D eigenvalue weighted by molar-refractivity contribution is 7.10. The van der Waals surface area contributed by atoms with Gasteiger partial charge in [-0.1, -0.05) is 0 Å². The van der Waals surface area contributed by atoms with Crippen LogP contribution in [0.4, 0.5) is 0 Å². The van der Waals surface area contributed by atoms with E-state index < -0.39 is 0 Å². The van der Waals surface area contributed by atoms with Crippen molar-refractivity contribution in [3.8, 4) is 0 Å². The highest BCUT2D eigenvalue weighted by atomic mass is 32.1. The van der Waals surface area contributed by atoms with Gasteiger partial charge in [0, 0.05) is 18.0 Å². The quantitative estimate of drug-likeness (QED) is 0.787. The van der Waals surface area contributed by atoms with Gasteiger partial charge in [0.2, 0.25) is 0 Å². The minimum Gasteiger partial charge on any atom is -0.306 e. The molecule has 0 saturated carbocycles. The predicted octanol–water partition coefficient (Wildman–Crippen LogP) is 3.90. The van der Waals surface area contributed by atoms with E-state index in [2.05, 4.69) is 33.2 Å². The molecule has 0 spiro atoms. The van der Waals surface area contributed by atoms with Crippen molar-refractivity contribution in [1.82, 2.24) is 14.7 Å². The number of piperidine rings is 2. The summed E-state index contributed by atoms with van der Waals surface area (Å²) in [6, 6.07) is 2.48. The van der Waals surface area contributed by atoms with Crippen LogP contribution < -0.4 is 0 Å². The van der Waals surface area contributed by atoms with Crippen LogP contribution in [0.3, 0.4) is 0 Å². The topological polar surface area (TPSA) is 9.72 Å². The van der Waals surface area contributed by atoms with E-state index in [-0.39, 0.29) is 0 Å². The lowest BCUT2D eigenvalue weighted by molar-refractivity contribution is 0.103. The van der Waals surface area contributed by atoms with E-state index in [1.165, 1.54) is 90.9 Å². The van der Waals surface area contributed by atoms with Crippen molar-refractivity contribution in [1.29, 1.82) is 0 Å². The minimum atomic E-state index is 0.999. The Morgan fingerprint density at radius 3 is 2.12 bits per heavy atom. The molecular formula is C21H35N3S. The Bertz CT molecular complexity index is 521. The average molecular weight is 362 g/mol. The zero-order valence-corrected chi connectivity index (χ0v) is 16.8. The maximum atomic E-state index is 2.71. The smallest absolute Gasteiger partial charge is 0.0328 e. The molecule has 3 nitrogen and oxygen atoms in total. The minimum absolute atomic E-state index is 0.999. The van der Waals surface area contributed by atoms with Crippen LogP contribution in [0, 0.1) is 11.8 Å². The first-order valence-corrected chi connectivity index (χ1v) is 11.3. The zero-order valence-electron chi connectivity index (χ0n) is 16.0. The lowest BCUT2D eigenvalue weighted by Gasteiger charge is -2.39. The van der Waals surface area contributed by atoms with Crippen LogP contribution in [0.25, 0.3) is 0 Å². The van der Waals surface area contributed by atoms with Gasteiger partial charge >= 0.3 is 0 Å². The second kappa shape index (κ2) is 8.51. The summed E-state index contributed by atoms with van der Waals surface area (Å²) in [6.07, 6.45) is 8.52. The Morgan fingerprint density at radius 1 is 0.840 bits per heavy atom. The molecule has 0 unspecified atom stereocenters. The largest absolute Gasteiger partial charge is 0.306 e. The molecule has 3 aliphatic rings. The van der Waals surface area contributed by atoms with E-state index in [0.717, 1.165) is 11.8 Å². The van der Waals surface area contributed by atoms with Crippen LogP contribution >= 0.6 is 11.3 Å². The molecule has 4 heterocycles. The Hall–Kier alpha value is -0.420. The van der Waals surface area contributed by atoms with Crippen LogP contribution in [0.15, 0.2) is 11.4 Å². The molecule has 0 amide bonds. The monoisotopic (exact) mass is 361 g/mol. The molecule has 0 bridgehead atoms. The second-order valence-corrected chi connectivity index (χ2v) is 9.65. The summed E-state index contributed by atoms with van der Waals surface area (Å²) in [5, 5.41) is 2.40. The molecule has 25 heavy (non-hydrogen) atoms. The maximum Gasteiger partial charge on any atom is 0.0328 e. The number of hydrogen-bond donors (Lipinski definition) is 0. The predicted molar refractivity (Wildman–Crippen MR) is 107 cm³/mol. The van der Waals surface area contributed by atoms with Gasteiger partial charge in [0.25, 0.3) is 0 Å². The molecule has 1 aromatic heterocycles. The lowest BCUT2D eigenvalue weighted by atomic mass is 9.79. The van der Waals surface area contributed by atoms with Crippen LogP contribution in [0.2, 0.25) is 0 Å². The highest BCUT2D eigenvalue weighted by Gasteiger charge is 2.28. The van der Waals surface area contributed by atoms with Gasteiger partial charge in [-0.2, -0.15) is 0 Å². The Morgan fingerprint density at radius 2 is 1.44 bits per heavy atom. The van der Waals surface area contributed by atoms with Gasteiger partial charge in [-0.25, -0.2) is 0 Å². The molecule has 0 N–H and O–H groups in total. The normalized spacial score (nSPS) is 25.8. The number of likely N-dealkylation sites (tertiary alicyclic amines) is 3. The molecule has 0 aromatic carbocycles. The first kappa shape index (κ1) is 18.0. The molecule has 1 aromatic rings. The first-order valence-electron chi connectivity index (χ1n) is 10.5. The molecule has 4 heteroatoms. The van der Waals surface area contributed by atoms with Gasteiger partial charge in [-0.05, 0) is 114 Å². The molecule has 0 aliphatic carbocycles. The number of hydrogen-bond acceptors (Lipinski definition) is 4. The maximum absolute atomic E-state index is 2.71. The van der Waals surface area contributed by atoms with Gasteiger partial charge in [0.15, 0.2) is 0 Å². The van der Waals surface area contributed by atoms with Crippen molar-refractivity contribution in [2.24, 2.45) is 11.8 Å². The first-order chi connectivity index (χ1) is 12.3. The summed E-state index contributed by atoms with van der Waals surface area (Å²) in [5.41, 5.74) is 1.54. The van der Waals surface area contributed by atoms with Crippen molar-refractivity contribution >= 4 is 11.3 Å². The van der Waals surface area contributed by atoms with Crippen LogP contribution in [-0.4, -0.2) is 61.0 Å². The average Bonchev–Trinajstić information content (AvgIpc) is 3.29. The van der Waals surface area contributed by atoms with Gasteiger partial charge < -0.3 is 4.90 Å². The molecular weight excluding hydrogens is 326 g/mol. The van der Waals surface area contributed by atoms with Gasteiger partial charge in [-0.15, -0.1) is 11.3 Å². The van der Waals surface area contributed by atoms with Crippen LogP contribution in [0.1, 0.15) is 49.0 Å². The summed E-state index contributed by atoms with van der Waals surface area (Å²) in [7, 11) is 2.28. The van der Waals surface area contributed by atoms with E-state index >= 15 is 0 Å². The van der Waals surface area contributed by atoms with E-state index in [9.17, 15) is 0 Å². The van der Waals surface area contributed by atoms with Crippen molar-refractivity contribution in [3.63, 3.8) is 0 Å². The Kier molecular flexibility index (Phi) is 6.12. The van der Waals surface area contributed by atoms with Gasteiger partial charge in [0.05, 0.1) is 0 Å². The molecule has 3 saturated heterocycles. The molecule has 0 radical (unpaired) electrons. The third kappa shape index (κ3) is 4.85. The standard InChI is InChI=1S/C21H35N3S/c1-22-10-4-19(5-11-22)20-6-12-24(13-7-20)16-21-14-18(17-25-21)15-23-8-2-3-9-23/h14,17,19-20H,2-13,15-16H2,1H3. The third-order valence-corrected chi connectivity index (χ3v) is 7.72. The second-order valence-electron chi connectivity index (χ2n) is 8.66. The van der Waals surface area contributed by atoms with Gasteiger partial charge in [0.1, 0.15) is 0 Å². The lowest BCUT2D eigenvalue weighted by Crippen LogP contribution is -2.39. The summed E-state index contributed by atoms with van der Waals surface area (Å²) < 4.78 is 0. The molecule has 4 rings (SSSR count). The zero-order chi connectivity index (χ0) is 17.1. The van der Waals surface area contributed by atoms with Crippen molar-refractivity contribution in [2.75, 3.05) is 46.3 Å². The summed E-state index contributed by atoms with van der Waals surface area (Å²) >= 11 is 1.98. The molecule has 140 valence electrons. The summed E-state index contributed by atoms with van der Waals surface area (Å²) in [4.78, 5) is 9.39. The van der Waals surface area contributed by atoms with E-state index in [4.69, 9.17) is 0 Å². The Balaban J connectivity index is 1.21. The Labute approximate surface area is 158 Å². The fraction of sp³-hybridized carbons (Fsp3) is 0.810. The summed E-state index contributed by atoms with van der Waals surface area (Å²) in [5.74, 6) is 2.01. The SMILES string of the molecule is CN1CCC(C2CCN(Cc3cc(CN4CCCC4)cs3)CC2)CC1. The number of thiophene rings is 1. The van der Waals surface area contributed by atoms with E-state index in [1.54, 1.807) is 10.4 Å². The van der Waals surface area contributed by atoms with E-state index in [1.807, 2.05) is 11.3 Å². The van der Waals surface area contributed by atoms with Crippen molar-refractivity contribution in [3.05, 3.63) is 21.9 Å². The van der Waals surface area contributed by atoms with Crippen molar-refractivity contribution in [2.45, 2.75) is 51.6 Å². The molecule has 0 atom stereocenters. The fourth-order valence-corrected chi connectivity index (χ4v) is 6.02. The van der Waals surface area contributed by atoms with Crippen LogP contribution in [-0.2, 0) is 13.1 Å². The van der Waals surface area contributed by atoms with Gasteiger partial charge in [-0.3, -0.25) is 9.80 Å². The third-order valence-electron chi connectivity index (χ3n) is 6.75. The number of rotatable bonds is 5. The van der Waals surface area contributed by atoms with E-state index in [0.29, 0.717) is 0 Å². The number of nitrogens with zero attached hydrogens (tertiary/aromatic N) is 3. The fourth-order valence-electron chi connectivity index (χ4n) is 5.09. The molecule has 3 fully saturated rings. The highest BCUT2D eigenvalue weighted by Crippen LogP contribution is 2.33. The molecule has 3 aliphatic heterocycles.